The number of nitrogens with one attached hydrogen (secondary N) is 1. The van der Waals surface area contributed by atoms with Crippen molar-refractivity contribution in [2.24, 2.45) is 5.92 Å². The summed E-state index contributed by atoms with van der Waals surface area (Å²) >= 11 is 0. The zero-order chi connectivity index (χ0) is 21.1. The van der Waals surface area contributed by atoms with Crippen LogP contribution < -0.4 is 5.32 Å². The van der Waals surface area contributed by atoms with Crippen LogP contribution in [0.25, 0.3) is 5.70 Å². The van der Waals surface area contributed by atoms with Gasteiger partial charge in [-0.1, -0.05) is 76.7 Å². The van der Waals surface area contributed by atoms with Crippen LogP contribution in [0.3, 0.4) is 0 Å². The molecule has 1 aliphatic rings. The number of benzene rings is 2. The second-order valence-electron chi connectivity index (χ2n) is 8.31. The normalized spacial score (nSPS) is 14.5. The Labute approximate surface area is 173 Å². The lowest BCUT2D eigenvalue weighted by Crippen LogP contribution is -2.34. The van der Waals surface area contributed by atoms with Gasteiger partial charge in [-0.2, -0.15) is 0 Å². The first-order chi connectivity index (χ1) is 13.8. The Kier molecular flexibility index (Phi) is 6.21. The van der Waals surface area contributed by atoms with Crippen molar-refractivity contribution in [1.29, 1.82) is 0 Å². The topological polar surface area (TPSA) is 49.4 Å². The van der Waals surface area contributed by atoms with Crippen molar-refractivity contribution in [3.8, 4) is 0 Å². The number of carbonyl (C=O) groups is 2. The van der Waals surface area contributed by atoms with Gasteiger partial charge in [0.15, 0.2) is 0 Å². The Morgan fingerprint density at radius 2 is 1.55 bits per heavy atom. The molecule has 1 heterocycles. The summed E-state index contributed by atoms with van der Waals surface area (Å²) in [6, 6.07) is 15.8. The molecule has 4 nitrogen and oxygen atoms in total. The van der Waals surface area contributed by atoms with Gasteiger partial charge in [-0.15, -0.1) is 0 Å². The third kappa shape index (κ3) is 4.42. The van der Waals surface area contributed by atoms with Gasteiger partial charge >= 0.3 is 0 Å². The lowest BCUT2D eigenvalue weighted by molar-refractivity contribution is -0.122. The fourth-order valence-electron chi connectivity index (χ4n) is 3.75. The molecule has 1 N–H and O–H groups in total. The third-order valence-electron chi connectivity index (χ3n) is 5.55. The van der Waals surface area contributed by atoms with Crippen LogP contribution in [0.2, 0.25) is 0 Å². The van der Waals surface area contributed by atoms with Gasteiger partial charge in [-0.3, -0.25) is 9.59 Å². The molecule has 1 unspecified atom stereocenters. The maximum absolute atomic E-state index is 12.7. The predicted molar refractivity (Wildman–Crippen MR) is 117 cm³/mol. The van der Waals surface area contributed by atoms with Crippen LogP contribution in [0.4, 0.5) is 0 Å². The van der Waals surface area contributed by atoms with Crippen molar-refractivity contribution >= 4 is 17.5 Å². The zero-order valence-corrected chi connectivity index (χ0v) is 17.7. The molecule has 1 aliphatic heterocycles. The van der Waals surface area contributed by atoms with Crippen LogP contribution in [-0.2, 0) is 4.79 Å². The summed E-state index contributed by atoms with van der Waals surface area (Å²) < 4.78 is 0. The van der Waals surface area contributed by atoms with Crippen LogP contribution >= 0.6 is 0 Å². The summed E-state index contributed by atoms with van der Waals surface area (Å²) in [6.45, 7) is 12.9. The molecule has 0 radical (unpaired) electrons. The highest BCUT2D eigenvalue weighted by Gasteiger charge is 2.30. The Balaban J connectivity index is 1.63. The Hall–Kier alpha value is -2.88. The molecule has 1 atom stereocenters. The van der Waals surface area contributed by atoms with Gasteiger partial charge in [0.2, 0.25) is 5.91 Å². The van der Waals surface area contributed by atoms with Crippen LogP contribution in [0.5, 0.6) is 0 Å². The van der Waals surface area contributed by atoms with E-state index in [9.17, 15) is 9.59 Å². The van der Waals surface area contributed by atoms with E-state index in [1.165, 1.54) is 5.56 Å². The predicted octanol–water partition coefficient (Wildman–Crippen LogP) is 5.14. The molecule has 3 rings (SSSR count). The molecule has 0 aliphatic carbocycles. The van der Waals surface area contributed by atoms with Gasteiger partial charge in [0.25, 0.3) is 5.91 Å². The molecule has 0 saturated heterocycles. The molecular weight excluding hydrogens is 360 g/mol. The van der Waals surface area contributed by atoms with E-state index in [4.69, 9.17) is 0 Å². The quantitative estimate of drug-likeness (QED) is 0.712. The summed E-state index contributed by atoms with van der Waals surface area (Å²) in [4.78, 5) is 26.9. The lowest BCUT2D eigenvalue weighted by Gasteiger charge is -2.24. The number of amides is 2. The molecule has 2 aromatic rings. The smallest absolute Gasteiger partial charge is 0.258 e. The maximum Gasteiger partial charge on any atom is 0.258 e. The van der Waals surface area contributed by atoms with Crippen molar-refractivity contribution in [3.63, 3.8) is 0 Å². The highest BCUT2D eigenvalue weighted by Crippen LogP contribution is 2.31. The average Bonchev–Trinajstić information content (AvgIpc) is 2.95. The third-order valence-corrected chi connectivity index (χ3v) is 5.55. The molecule has 0 saturated carbocycles. The second-order valence-corrected chi connectivity index (χ2v) is 8.31. The molecule has 2 aromatic carbocycles. The molecule has 4 heteroatoms. The summed E-state index contributed by atoms with van der Waals surface area (Å²) in [7, 11) is 0. The minimum atomic E-state index is -0.0805. The number of hydrogen-bond acceptors (Lipinski definition) is 2. The molecule has 0 aromatic heterocycles. The largest absolute Gasteiger partial charge is 0.349 e. The zero-order valence-electron chi connectivity index (χ0n) is 17.7. The SMILES string of the molecule is C=C1c2ccccc2C(=O)N1CCC(=O)NC(c1ccc(C(C)C)cc1)C(C)C. The van der Waals surface area contributed by atoms with E-state index < -0.39 is 0 Å². The Bertz CT molecular complexity index is 878. The first-order valence-corrected chi connectivity index (χ1v) is 10.3. The summed E-state index contributed by atoms with van der Waals surface area (Å²) in [5.41, 5.74) is 4.56. The van der Waals surface area contributed by atoms with Crippen LogP contribution in [0, 0.1) is 5.92 Å². The molecule has 0 fully saturated rings. The number of carbonyl (C=O) groups excluding carboxylic acids is 2. The van der Waals surface area contributed by atoms with Gasteiger partial charge in [-0.05, 0) is 29.0 Å². The van der Waals surface area contributed by atoms with E-state index in [0.29, 0.717) is 23.7 Å². The van der Waals surface area contributed by atoms with E-state index in [1.807, 2.05) is 18.2 Å². The van der Waals surface area contributed by atoms with Crippen molar-refractivity contribution < 1.29 is 9.59 Å². The van der Waals surface area contributed by atoms with Crippen LogP contribution in [-0.4, -0.2) is 23.3 Å². The number of hydrogen-bond donors (Lipinski definition) is 1. The summed E-state index contributed by atoms with van der Waals surface area (Å²) in [6.07, 6.45) is 0.242. The molecule has 0 bridgehead atoms. The Morgan fingerprint density at radius 1 is 0.966 bits per heavy atom. The van der Waals surface area contributed by atoms with Crippen LogP contribution in [0.1, 0.15) is 73.1 Å². The molecule has 152 valence electrons. The van der Waals surface area contributed by atoms with Gasteiger partial charge in [0.05, 0.1) is 6.04 Å². The van der Waals surface area contributed by atoms with Crippen molar-refractivity contribution in [2.75, 3.05) is 6.54 Å². The van der Waals surface area contributed by atoms with E-state index in [1.54, 1.807) is 11.0 Å². The minimum Gasteiger partial charge on any atom is -0.349 e. The van der Waals surface area contributed by atoms with Gasteiger partial charge in [-0.25, -0.2) is 0 Å². The fraction of sp³-hybridized carbons (Fsp3) is 0.360. The van der Waals surface area contributed by atoms with Gasteiger partial charge in [0, 0.05) is 29.8 Å². The lowest BCUT2D eigenvalue weighted by atomic mass is 9.93. The molecule has 0 spiro atoms. The van der Waals surface area contributed by atoms with Crippen LogP contribution in [0.15, 0.2) is 55.1 Å². The average molecular weight is 391 g/mol. The molecule has 2 amide bonds. The van der Waals surface area contributed by atoms with Crippen molar-refractivity contribution in [3.05, 3.63) is 77.4 Å². The standard InChI is InChI=1S/C25H30N2O2/c1-16(2)19-10-12-20(13-11-19)24(17(3)4)26-23(28)14-15-27-18(5)21-8-6-7-9-22(21)25(27)29/h6-13,16-17,24H,5,14-15H2,1-4H3,(H,26,28). The van der Waals surface area contributed by atoms with E-state index in [2.05, 4.69) is 63.9 Å². The van der Waals surface area contributed by atoms with Gasteiger partial charge < -0.3 is 10.2 Å². The highest BCUT2D eigenvalue weighted by molar-refractivity contribution is 6.08. The number of nitrogens with zero attached hydrogens (tertiary/aromatic N) is 1. The fourth-order valence-corrected chi connectivity index (χ4v) is 3.75. The van der Waals surface area contributed by atoms with E-state index >= 15 is 0 Å². The summed E-state index contributed by atoms with van der Waals surface area (Å²) in [5, 5.41) is 3.15. The number of fused-ring (bicyclic) bond motifs is 1. The van der Waals surface area contributed by atoms with Crippen molar-refractivity contribution in [1.82, 2.24) is 10.2 Å². The van der Waals surface area contributed by atoms with E-state index in [0.717, 1.165) is 11.1 Å². The first-order valence-electron chi connectivity index (χ1n) is 10.3. The monoisotopic (exact) mass is 390 g/mol. The summed E-state index contributed by atoms with van der Waals surface area (Å²) in [5.74, 6) is 0.596. The highest BCUT2D eigenvalue weighted by atomic mass is 16.2. The van der Waals surface area contributed by atoms with Crippen molar-refractivity contribution in [2.45, 2.75) is 46.1 Å². The molecule has 29 heavy (non-hydrogen) atoms. The molecular formula is C25H30N2O2. The second kappa shape index (κ2) is 8.64. The maximum atomic E-state index is 12.7. The van der Waals surface area contributed by atoms with E-state index in [-0.39, 0.29) is 30.2 Å². The van der Waals surface area contributed by atoms with Gasteiger partial charge in [0.1, 0.15) is 0 Å². The number of rotatable bonds is 7. The Morgan fingerprint density at radius 3 is 2.10 bits per heavy atom. The minimum absolute atomic E-state index is 0.0570. The first kappa shape index (κ1) is 20.8.